The van der Waals surface area contributed by atoms with Gasteiger partial charge in [-0.2, -0.15) is 0 Å². The van der Waals surface area contributed by atoms with Gasteiger partial charge in [0.1, 0.15) is 0 Å². The minimum atomic E-state index is 0.484. The van der Waals surface area contributed by atoms with Gasteiger partial charge in [0.15, 0.2) is 0 Å². The third kappa shape index (κ3) is 5.36. The lowest BCUT2D eigenvalue weighted by atomic mass is 10.2. The van der Waals surface area contributed by atoms with Crippen LogP contribution in [0.4, 0.5) is 0 Å². The van der Waals surface area contributed by atoms with Crippen molar-refractivity contribution in [2.75, 3.05) is 39.3 Å². The molecule has 1 atom stereocenters. The molecule has 3 nitrogen and oxygen atoms in total. The molecule has 100 valence electrons. The van der Waals surface area contributed by atoms with Crippen molar-refractivity contribution in [1.82, 2.24) is 10.2 Å². The van der Waals surface area contributed by atoms with Crippen LogP contribution in [0, 0.1) is 5.92 Å². The van der Waals surface area contributed by atoms with Crippen molar-refractivity contribution in [3.8, 4) is 0 Å². The van der Waals surface area contributed by atoms with Gasteiger partial charge in [0.05, 0.1) is 6.10 Å². The predicted octanol–water partition coefficient (Wildman–Crippen LogP) is 1.88. The van der Waals surface area contributed by atoms with Crippen molar-refractivity contribution in [3.05, 3.63) is 0 Å². The Morgan fingerprint density at radius 3 is 2.76 bits per heavy atom. The summed E-state index contributed by atoms with van der Waals surface area (Å²) in [5.41, 5.74) is 0. The Balaban J connectivity index is 1.51. The molecule has 0 aromatic heterocycles. The fourth-order valence-electron chi connectivity index (χ4n) is 2.58. The third-order valence-electron chi connectivity index (χ3n) is 3.75. The monoisotopic (exact) mass is 240 g/mol. The van der Waals surface area contributed by atoms with Crippen LogP contribution in [0.5, 0.6) is 0 Å². The molecule has 0 aromatic carbocycles. The summed E-state index contributed by atoms with van der Waals surface area (Å²) in [6, 6.07) is 0. The summed E-state index contributed by atoms with van der Waals surface area (Å²) in [5, 5.41) is 3.54. The lowest BCUT2D eigenvalue weighted by Gasteiger charge is -2.22. The number of hydrogen-bond donors (Lipinski definition) is 1. The van der Waals surface area contributed by atoms with E-state index in [1.54, 1.807) is 0 Å². The number of nitrogens with one attached hydrogen (secondary N) is 1. The van der Waals surface area contributed by atoms with Gasteiger partial charge in [0, 0.05) is 32.8 Å². The Bertz CT molecular complexity index is 200. The SMILES string of the molecule is CCCN(CCNCC1CCCO1)CC1CC1. The number of nitrogens with zero attached hydrogens (tertiary/aromatic N) is 1. The molecule has 1 heterocycles. The van der Waals surface area contributed by atoms with Crippen molar-refractivity contribution in [2.24, 2.45) is 5.92 Å². The topological polar surface area (TPSA) is 24.5 Å². The van der Waals surface area contributed by atoms with Crippen LogP contribution in [-0.4, -0.2) is 50.3 Å². The molecule has 17 heavy (non-hydrogen) atoms. The van der Waals surface area contributed by atoms with Crippen LogP contribution in [0.1, 0.15) is 39.0 Å². The Morgan fingerprint density at radius 1 is 1.24 bits per heavy atom. The highest BCUT2D eigenvalue weighted by Gasteiger charge is 2.23. The van der Waals surface area contributed by atoms with Crippen LogP contribution in [0.2, 0.25) is 0 Å². The van der Waals surface area contributed by atoms with Gasteiger partial charge in [-0.3, -0.25) is 0 Å². The van der Waals surface area contributed by atoms with Gasteiger partial charge in [-0.05, 0) is 44.6 Å². The molecule has 2 fully saturated rings. The summed E-state index contributed by atoms with van der Waals surface area (Å²) >= 11 is 0. The standard InChI is InChI=1S/C14H28N2O/c1-2-8-16(12-13-5-6-13)9-7-15-11-14-4-3-10-17-14/h13-15H,2-12H2,1H3. The summed E-state index contributed by atoms with van der Waals surface area (Å²) in [5.74, 6) is 1.01. The minimum Gasteiger partial charge on any atom is -0.377 e. The first-order chi connectivity index (χ1) is 8.38. The maximum atomic E-state index is 5.61. The molecule has 1 aliphatic heterocycles. The van der Waals surface area contributed by atoms with Crippen LogP contribution < -0.4 is 5.32 Å². The second-order valence-corrected chi connectivity index (χ2v) is 5.58. The third-order valence-corrected chi connectivity index (χ3v) is 3.75. The van der Waals surface area contributed by atoms with Crippen LogP contribution in [0.3, 0.4) is 0 Å². The molecule has 1 aliphatic carbocycles. The first-order valence-corrected chi connectivity index (χ1v) is 7.43. The van der Waals surface area contributed by atoms with Crippen LogP contribution >= 0.6 is 0 Å². The van der Waals surface area contributed by atoms with E-state index in [0.29, 0.717) is 6.10 Å². The van der Waals surface area contributed by atoms with Gasteiger partial charge in [-0.1, -0.05) is 6.92 Å². The highest BCUT2D eigenvalue weighted by atomic mass is 16.5. The molecule has 0 spiro atoms. The maximum absolute atomic E-state index is 5.61. The average molecular weight is 240 g/mol. The molecular weight excluding hydrogens is 212 g/mol. The van der Waals surface area contributed by atoms with Crippen molar-refractivity contribution in [2.45, 2.75) is 45.1 Å². The number of ether oxygens (including phenoxy) is 1. The Morgan fingerprint density at radius 2 is 2.12 bits per heavy atom. The van der Waals surface area contributed by atoms with E-state index in [9.17, 15) is 0 Å². The first kappa shape index (κ1) is 13.3. The summed E-state index contributed by atoms with van der Waals surface area (Å²) < 4.78 is 5.61. The van der Waals surface area contributed by atoms with E-state index in [1.807, 2.05) is 0 Å². The van der Waals surface area contributed by atoms with Crippen LogP contribution in [-0.2, 0) is 4.74 Å². The van der Waals surface area contributed by atoms with Gasteiger partial charge in [-0.25, -0.2) is 0 Å². The minimum absolute atomic E-state index is 0.484. The van der Waals surface area contributed by atoms with Gasteiger partial charge >= 0.3 is 0 Å². The van der Waals surface area contributed by atoms with Crippen LogP contribution in [0.25, 0.3) is 0 Å². The molecule has 1 saturated carbocycles. The van der Waals surface area contributed by atoms with E-state index >= 15 is 0 Å². The second kappa shape index (κ2) is 7.34. The molecule has 1 N–H and O–H groups in total. The molecule has 0 aromatic rings. The van der Waals surface area contributed by atoms with E-state index in [4.69, 9.17) is 4.74 Å². The van der Waals surface area contributed by atoms with E-state index in [2.05, 4.69) is 17.1 Å². The zero-order valence-electron chi connectivity index (χ0n) is 11.3. The van der Waals surface area contributed by atoms with Crippen molar-refractivity contribution in [1.29, 1.82) is 0 Å². The highest BCUT2D eigenvalue weighted by Crippen LogP contribution is 2.29. The molecule has 0 amide bonds. The highest BCUT2D eigenvalue weighted by molar-refractivity contribution is 4.77. The zero-order valence-corrected chi connectivity index (χ0v) is 11.3. The summed E-state index contributed by atoms with van der Waals surface area (Å²) in [6.07, 6.45) is 7.17. The molecule has 0 radical (unpaired) electrons. The van der Waals surface area contributed by atoms with Gasteiger partial charge < -0.3 is 15.0 Å². The van der Waals surface area contributed by atoms with Crippen LogP contribution in [0.15, 0.2) is 0 Å². The molecule has 1 unspecified atom stereocenters. The molecule has 1 saturated heterocycles. The first-order valence-electron chi connectivity index (χ1n) is 7.43. The molecule has 3 heteroatoms. The number of rotatable bonds is 9. The fourth-order valence-corrected chi connectivity index (χ4v) is 2.58. The molecule has 2 rings (SSSR count). The van der Waals surface area contributed by atoms with E-state index < -0.39 is 0 Å². The smallest absolute Gasteiger partial charge is 0.0700 e. The lowest BCUT2D eigenvalue weighted by molar-refractivity contribution is 0.109. The second-order valence-electron chi connectivity index (χ2n) is 5.58. The van der Waals surface area contributed by atoms with Gasteiger partial charge in [-0.15, -0.1) is 0 Å². The molecular formula is C14H28N2O. The summed E-state index contributed by atoms with van der Waals surface area (Å²) in [4.78, 5) is 2.63. The summed E-state index contributed by atoms with van der Waals surface area (Å²) in [6.45, 7) is 9.20. The van der Waals surface area contributed by atoms with E-state index in [-0.39, 0.29) is 0 Å². The quantitative estimate of drug-likeness (QED) is 0.623. The normalized spacial score (nSPS) is 24.7. The van der Waals surface area contributed by atoms with E-state index in [0.717, 1.165) is 25.6 Å². The Labute approximate surface area is 106 Å². The summed E-state index contributed by atoms with van der Waals surface area (Å²) in [7, 11) is 0. The largest absolute Gasteiger partial charge is 0.377 e. The molecule has 2 aliphatic rings. The van der Waals surface area contributed by atoms with Gasteiger partial charge in [0.25, 0.3) is 0 Å². The van der Waals surface area contributed by atoms with Crippen molar-refractivity contribution >= 4 is 0 Å². The lowest BCUT2D eigenvalue weighted by Crippen LogP contribution is -2.36. The van der Waals surface area contributed by atoms with E-state index in [1.165, 1.54) is 51.7 Å². The zero-order chi connectivity index (χ0) is 11.9. The maximum Gasteiger partial charge on any atom is 0.0700 e. The Kier molecular flexibility index (Phi) is 5.75. The number of hydrogen-bond acceptors (Lipinski definition) is 3. The fraction of sp³-hybridized carbons (Fsp3) is 1.00. The molecule has 0 bridgehead atoms. The Hall–Kier alpha value is -0.120. The van der Waals surface area contributed by atoms with Crippen molar-refractivity contribution < 1.29 is 4.74 Å². The van der Waals surface area contributed by atoms with Crippen molar-refractivity contribution in [3.63, 3.8) is 0 Å². The average Bonchev–Trinajstić information content (AvgIpc) is 2.98. The van der Waals surface area contributed by atoms with Gasteiger partial charge in [0.2, 0.25) is 0 Å². The predicted molar refractivity (Wildman–Crippen MR) is 71.3 cm³/mol.